The Kier molecular flexibility index (Phi) is 5.36. The van der Waals surface area contributed by atoms with E-state index in [9.17, 15) is 9.59 Å². The molecule has 0 unspecified atom stereocenters. The van der Waals surface area contributed by atoms with Crippen LogP contribution in [0.1, 0.15) is 42.5 Å². The van der Waals surface area contributed by atoms with Crippen molar-refractivity contribution in [3.63, 3.8) is 0 Å². The van der Waals surface area contributed by atoms with Crippen molar-refractivity contribution in [1.82, 2.24) is 0 Å². The van der Waals surface area contributed by atoms with Crippen molar-refractivity contribution < 1.29 is 14.3 Å². The predicted molar refractivity (Wildman–Crippen MR) is 114 cm³/mol. The average molecular weight is 411 g/mol. The molecule has 0 saturated heterocycles. The molecule has 0 saturated carbocycles. The zero-order valence-corrected chi connectivity index (χ0v) is 16.9. The molecule has 0 fully saturated rings. The number of rotatable bonds is 5. The second-order valence-electron chi connectivity index (χ2n) is 6.33. The lowest BCUT2D eigenvalue weighted by molar-refractivity contribution is 0.0600. The fourth-order valence-corrected chi connectivity index (χ4v) is 5.02. The van der Waals surface area contributed by atoms with E-state index in [0.29, 0.717) is 16.8 Å². The number of fused-ring (bicyclic) bond motifs is 1. The highest BCUT2D eigenvalue weighted by molar-refractivity contribution is 7.16. The van der Waals surface area contributed by atoms with Crippen LogP contribution >= 0.6 is 22.7 Å². The van der Waals surface area contributed by atoms with Crippen molar-refractivity contribution in [2.45, 2.75) is 19.3 Å². The van der Waals surface area contributed by atoms with Gasteiger partial charge in [0.15, 0.2) is 0 Å². The first-order valence-electron chi connectivity index (χ1n) is 8.87. The lowest BCUT2D eigenvalue weighted by atomic mass is 10.1. The molecular weight excluding hydrogens is 392 g/mol. The van der Waals surface area contributed by atoms with Crippen molar-refractivity contribution >= 4 is 51.5 Å². The Morgan fingerprint density at radius 1 is 1.18 bits per heavy atom. The maximum atomic E-state index is 13.0. The van der Waals surface area contributed by atoms with Crippen LogP contribution in [0.3, 0.4) is 0 Å². The molecule has 0 aliphatic heterocycles. The summed E-state index contributed by atoms with van der Waals surface area (Å²) in [4.78, 5) is 31.5. The third kappa shape index (κ3) is 3.76. The topological polar surface area (TPSA) is 67.8 Å². The van der Waals surface area contributed by atoms with Gasteiger partial charge in [-0.25, -0.2) is 9.79 Å². The largest absolute Gasteiger partial charge is 0.465 e. The average Bonchev–Trinajstić information content (AvgIpc) is 3.43. The molecule has 0 radical (unpaired) electrons. The maximum Gasteiger partial charge on any atom is 0.337 e. The van der Waals surface area contributed by atoms with Gasteiger partial charge < -0.3 is 10.1 Å². The van der Waals surface area contributed by atoms with Gasteiger partial charge >= 0.3 is 5.97 Å². The molecule has 0 atom stereocenters. The van der Waals surface area contributed by atoms with E-state index in [1.807, 2.05) is 23.7 Å². The highest BCUT2D eigenvalue weighted by atomic mass is 32.1. The lowest BCUT2D eigenvalue weighted by Crippen LogP contribution is -2.13. The number of aliphatic imine (C=N–C) groups is 1. The summed E-state index contributed by atoms with van der Waals surface area (Å²) in [6, 6.07) is 10.6. The first kappa shape index (κ1) is 18.6. The number of aryl methyl sites for hydroxylation is 1. The third-order valence-corrected chi connectivity index (χ3v) is 6.55. The van der Waals surface area contributed by atoms with Gasteiger partial charge in [-0.2, -0.15) is 0 Å². The summed E-state index contributed by atoms with van der Waals surface area (Å²) in [6.07, 6.45) is 4.80. The number of anilines is 1. The van der Waals surface area contributed by atoms with Crippen LogP contribution in [-0.2, 0) is 17.6 Å². The van der Waals surface area contributed by atoms with E-state index >= 15 is 0 Å². The number of ether oxygens (including phenoxy) is 1. The molecule has 5 nitrogen and oxygen atoms in total. The number of carbonyl (C=O) groups excluding carboxylic acids is 2. The van der Waals surface area contributed by atoms with Crippen LogP contribution in [0.25, 0.3) is 0 Å². The molecule has 7 heteroatoms. The fourth-order valence-electron chi connectivity index (χ4n) is 3.20. The Labute approximate surface area is 170 Å². The normalized spacial score (nSPS) is 12.9. The number of esters is 1. The smallest absolute Gasteiger partial charge is 0.337 e. The van der Waals surface area contributed by atoms with Gasteiger partial charge in [-0.05, 0) is 60.5 Å². The van der Waals surface area contributed by atoms with Crippen LogP contribution < -0.4 is 5.32 Å². The molecule has 28 heavy (non-hydrogen) atoms. The number of benzene rings is 1. The van der Waals surface area contributed by atoms with Crippen LogP contribution in [0.15, 0.2) is 46.8 Å². The van der Waals surface area contributed by atoms with Crippen molar-refractivity contribution in [2.24, 2.45) is 4.99 Å². The van der Waals surface area contributed by atoms with E-state index in [1.54, 1.807) is 46.9 Å². The number of carbonyl (C=O) groups is 2. The second-order valence-corrected chi connectivity index (χ2v) is 8.40. The summed E-state index contributed by atoms with van der Waals surface area (Å²) in [5.74, 6) is -0.567. The standard InChI is InChI=1S/C21H18N2O3S2/c1-26-21(25)13-7-9-14(10-8-13)23-19(24)18-16-5-2-6-17(16)28-20(18)22-12-15-4-3-11-27-15/h3-4,7-12H,2,5-6H2,1H3,(H,23,24)/b22-12+. The molecule has 4 rings (SSSR count). The molecule has 1 aliphatic rings. The molecule has 1 aromatic carbocycles. The maximum absolute atomic E-state index is 13.0. The van der Waals surface area contributed by atoms with Crippen LogP contribution in [0, 0.1) is 0 Å². The van der Waals surface area contributed by atoms with Crippen LogP contribution in [-0.4, -0.2) is 25.2 Å². The minimum absolute atomic E-state index is 0.163. The monoisotopic (exact) mass is 410 g/mol. The highest BCUT2D eigenvalue weighted by Gasteiger charge is 2.26. The molecule has 3 aromatic rings. The van der Waals surface area contributed by atoms with E-state index in [-0.39, 0.29) is 5.91 Å². The predicted octanol–water partition coefficient (Wildman–Crippen LogP) is 5.09. The van der Waals surface area contributed by atoms with E-state index in [0.717, 1.165) is 34.7 Å². The Morgan fingerprint density at radius 2 is 2.00 bits per heavy atom. The van der Waals surface area contributed by atoms with E-state index in [2.05, 4.69) is 10.3 Å². The second kappa shape index (κ2) is 8.08. The molecular formula is C21H18N2O3S2. The van der Waals surface area contributed by atoms with Gasteiger partial charge in [-0.15, -0.1) is 22.7 Å². The first-order valence-corrected chi connectivity index (χ1v) is 10.6. The summed E-state index contributed by atoms with van der Waals surface area (Å²) in [6.45, 7) is 0. The van der Waals surface area contributed by atoms with Gasteiger partial charge in [0.25, 0.3) is 5.91 Å². The fraction of sp³-hybridized carbons (Fsp3) is 0.190. The van der Waals surface area contributed by atoms with E-state index in [1.165, 1.54) is 12.0 Å². The summed E-state index contributed by atoms with van der Waals surface area (Å²) < 4.78 is 4.70. The summed E-state index contributed by atoms with van der Waals surface area (Å²) in [7, 11) is 1.34. The lowest BCUT2D eigenvalue weighted by Gasteiger charge is -2.07. The van der Waals surface area contributed by atoms with E-state index in [4.69, 9.17) is 4.74 Å². The quantitative estimate of drug-likeness (QED) is 0.471. The molecule has 2 aromatic heterocycles. The number of hydrogen-bond donors (Lipinski definition) is 1. The number of hydrogen-bond acceptors (Lipinski definition) is 6. The minimum Gasteiger partial charge on any atom is -0.465 e. The summed E-state index contributed by atoms with van der Waals surface area (Å²) in [5.41, 5.74) is 2.86. The molecule has 1 N–H and O–H groups in total. The SMILES string of the molecule is COC(=O)c1ccc(NC(=O)c2c(/N=C/c3cccs3)sc3c2CCC3)cc1. The van der Waals surface area contributed by atoms with Crippen LogP contribution in [0.5, 0.6) is 0 Å². The Balaban J connectivity index is 1.59. The van der Waals surface area contributed by atoms with E-state index < -0.39 is 5.97 Å². The van der Waals surface area contributed by atoms with Crippen molar-refractivity contribution in [3.05, 3.63) is 68.2 Å². The number of nitrogens with zero attached hydrogens (tertiary/aromatic N) is 1. The highest BCUT2D eigenvalue weighted by Crippen LogP contribution is 2.41. The first-order chi connectivity index (χ1) is 13.7. The van der Waals surface area contributed by atoms with Gasteiger partial charge in [-0.1, -0.05) is 6.07 Å². The molecule has 1 amide bonds. The van der Waals surface area contributed by atoms with Crippen molar-refractivity contribution in [1.29, 1.82) is 0 Å². The molecule has 1 aliphatic carbocycles. The molecule has 142 valence electrons. The Morgan fingerprint density at radius 3 is 2.71 bits per heavy atom. The van der Waals surface area contributed by atoms with Crippen LogP contribution in [0.2, 0.25) is 0 Å². The van der Waals surface area contributed by atoms with Gasteiger partial charge in [0.1, 0.15) is 5.00 Å². The number of thiophene rings is 2. The molecule has 0 spiro atoms. The third-order valence-electron chi connectivity index (χ3n) is 4.55. The zero-order chi connectivity index (χ0) is 19.5. The van der Waals surface area contributed by atoms with Gasteiger partial charge in [0, 0.05) is 21.7 Å². The van der Waals surface area contributed by atoms with Gasteiger partial charge in [-0.3, -0.25) is 4.79 Å². The number of methoxy groups -OCH3 is 1. The van der Waals surface area contributed by atoms with Gasteiger partial charge in [0.05, 0.1) is 18.2 Å². The minimum atomic E-state index is -0.404. The molecule has 0 bridgehead atoms. The zero-order valence-electron chi connectivity index (χ0n) is 15.2. The Hall–Kier alpha value is -2.77. The van der Waals surface area contributed by atoms with Crippen molar-refractivity contribution in [3.8, 4) is 0 Å². The molecule has 2 heterocycles. The number of amides is 1. The van der Waals surface area contributed by atoms with Gasteiger partial charge in [0.2, 0.25) is 0 Å². The number of nitrogens with one attached hydrogen (secondary N) is 1. The Bertz CT molecular complexity index is 1030. The summed E-state index contributed by atoms with van der Waals surface area (Å²) in [5, 5.41) is 5.69. The summed E-state index contributed by atoms with van der Waals surface area (Å²) >= 11 is 3.22. The van der Waals surface area contributed by atoms with Crippen molar-refractivity contribution in [2.75, 3.05) is 12.4 Å². The van der Waals surface area contributed by atoms with Crippen LogP contribution in [0.4, 0.5) is 10.7 Å².